The number of fused-ring (bicyclic) bond motifs is 1. The molecule has 2 aliphatic rings. The molecule has 12 heteroatoms. The second kappa shape index (κ2) is 8.41. The number of rotatable bonds is 7. The average molecular weight is 427 g/mol. The van der Waals surface area contributed by atoms with E-state index in [0.29, 0.717) is 19.0 Å². The second-order valence-corrected chi connectivity index (χ2v) is 7.24. The molecular weight excluding hydrogens is 406 g/mol. The van der Waals surface area contributed by atoms with Gasteiger partial charge >= 0.3 is 6.01 Å². The number of amides is 1. The Labute approximate surface area is 177 Å². The molecule has 0 bridgehead atoms. The van der Waals surface area contributed by atoms with E-state index < -0.39 is 0 Å². The molecule has 2 aromatic heterocycles. The van der Waals surface area contributed by atoms with Crippen molar-refractivity contribution in [1.82, 2.24) is 35.1 Å². The first-order valence-corrected chi connectivity index (χ1v) is 9.78. The van der Waals surface area contributed by atoms with E-state index in [-0.39, 0.29) is 42.8 Å². The lowest BCUT2D eigenvalue weighted by Gasteiger charge is -2.18. The molecule has 2 fully saturated rings. The SMILES string of the molecule is COCC(=O)NC1COC2C1OCC2n1nnnc1Oc1ccc(-n2ccnc2)cc1. The van der Waals surface area contributed by atoms with Gasteiger partial charge in [-0.25, -0.2) is 4.98 Å². The van der Waals surface area contributed by atoms with Crippen molar-refractivity contribution in [2.24, 2.45) is 0 Å². The van der Waals surface area contributed by atoms with Gasteiger partial charge in [0.2, 0.25) is 5.91 Å². The molecule has 2 saturated heterocycles. The molecule has 0 spiro atoms. The summed E-state index contributed by atoms with van der Waals surface area (Å²) in [6.45, 7) is 0.671. The molecule has 3 aromatic rings. The number of nitrogens with zero attached hydrogens (tertiary/aromatic N) is 6. The van der Waals surface area contributed by atoms with Crippen LogP contribution in [-0.2, 0) is 19.0 Å². The van der Waals surface area contributed by atoms with Gasteiger partial charge in [-0.1, -0.05) is 5.10 Å². The minimum absolute atomic E-state index is 0.0120. The lowest BCUT2D eigenvalue weighted by molar-refractivity contribution is -0.126. The number of tetrazole rings is 1. The Morgan fingerprint density at radius 1 is 1.23 bits per heavy atom. The number of carbonyl (C=O) groups excluding carboxylic acids is 1. The van der Waals surface area contributed by atoms with Crippen LogP contribution in [0.4, 0.5) is 0 Å². The highest BCUT2D eigenvalue weighted by atomic mass is 16.6. The largest absolute Gasteiger partial charge is 0.423 e. The normalized spacial score (nSPS) is 24.8. The summed E-state index contributed by atoms with van der Waals surface area (Å²) in [6.07, 6.45) is 4.70. The third-order valence-electron chi connectivity index (χ3n) is 5.27. The Hall–Kier alpha value is -3.35. The number of aromatic nitrogens is 6. The van der Waals surface area contributed by atoms with Crippen molar-refractivity contribution in [1.29, 1.82) is 0 Å². The van der Waals surface area contributed by atoms with Gasteiger partial charge in [0, 0.05) is 25.2 Å². The lowest BCUT2D eigenvalue weighted by Crippen LogP contribution is -2.45. The number of imidazole rings is 1. The van der Waals surface area contributed by atoms with E-state index in [4.69, 9.17) is 18.9 Å². The standard InChI is InChI=1S/C19H21N7O5/c1-28-10-16(27)21-14-8-29-18-15(9-30-17(14)18)26-19(22-23-24-26)31-13-4-2-12(3-5-13)25-7-6-20-11-25/h2-7,11,14-15,17-18H,8-10H2,1H3,(H,21,27). The molecule has 4 unspecified atom stereocenters. The van der Waals surface area contributed by atoms with Crippen molar-refractivity contribution >= 4 is 5.91 Å². The van der Waals surface area contributed by atoms with Crippen molar-refractivity contribution < 1.29 is 23.7 Å². The maximum Gasteiger partial charge on any atom is 0.341 e. The van der Waals surface area contributed by atoms with Gasteiger partial charge in [-0.05, 0) is 34.7 Å². The fourth-order valence-corrected chi connectivity index (χ4v) is 3.86. The highest BCUT2D eigenvalue weighted by Gasteiger charge is 2.50. The van der Waals surface area contributed by atoms with Gasteiger partial charge in [0.15, 0.2) is 0 Å². The maximum atomic E-state index is 11.8. The summed E-state index contributed by atoms with van der Waals surface area (Å²) in [6, 6.07) is 7.19. The fourth-order valence-electron chi connectivity index (χ4n) is 3.86. The summed E-state index contributed by atoms with van der Waals surface area (Å²) in [5.41, 5.74) is 0.956. The first-order chi connectivity index (χ1) is 15.2. The molecule has 1 aromatic carbocycles. The van der Waals surface area contributed by atoms with E-state index in [1.165, 1.54) is 7.11 Å². The lowest BCUT2D eigenvalue weighted by atomic mass is 10.1. The zero-order valence-corrected chi connectivity index (χ0v) is 16.7. The average Bonchev–Trinajstić information content (AvgIpc) is 3.55. The molecular formula is C19H21N7O5. The van der Waals surface area contributed by atoms with Gasteiger partial charge in [-0.15, -0.1) is 0 Å². The highest BCUT2D eigenvalue weighted by Crippen LogP contribution is 2.36. The number of hydrogen-bond donors (Lipinski definition) is 1. The summed E-state index contributed by atoms with van der Waals surface area (Å²) < 4.78 is 26.0. The minimum atomic E-state index is -0.303. The van der Waals surface area contributed by atoms with Crippen LogP contribution in [0.1, 0.15) is 6.04 Å². The molecule has 1 amide bonds. The fraction of sp³-hybridized carbons (Fsp3) is 0.421. The van der Waals surface area contributed by atoms with Crippen molar-refractivity contribution in [2.75, 3.05) is 26.9 Å². The quantitative estimate of drug-likeness (QED) is 0.559. The van der Waals surface area contributed by atoms with Crippen LogP contribution in [-0.4, -0.2) is 80.8 Å². The number of carbonyl (C=O) groups is 1. The van der Waals surface area contributed by atoms with Crippen molar-refractivity contribution in [3.63, 3.8) is 0 Å². The summed E-state index contributed by atoms with van der Waals surface area (Å²) in [4.78, 5) is 15.9. The topological polar surface area (TPSA) is 127 Å². The van der Waals surface area contributed by atoms with Crippen molar-refractivity contribution in [3.8, 4) is 17.4 Å². The number of ether oxygens (including phenoxy) is 4. The van der Waals surface area contributed by atoms with E-state index in [0.717, 1.165) is 5.69 Å². The summed E-state index contributed by atoms with van der Waals surface area (Å²) in [5, 5.41) is 14.7. The summed E-state index contributed by atoms with van der Waals surface area (Å²) >= 11 is 0. The van der Waals surface area contributed by atoms with E-state index in [1.54, 1.807) is 17.2 Å². The van der Waals surface area contributed by atoms with Gasteiger partial charge in [-0.2, -0.15) is 4.68 Å². The highest BCUT2D eigenvalue weighted by molar-refractivity contribution is 5.77. The number of methoxy groups -OCH3 is 1. The first kappa shape index (κ1) is 19.6. The first-order valence-electron chi connectivity index (χ1n) is 9.78. The summed E-state index contributed by atoms with van der Waals surface area (Å²) in [5.74, 6) is 0.377. The molecule has 4 heterocycles. The molecule has 2 aliphatic heterocycles. The van der Waals surface area contributed by atoms with Crippen LogP contribution in [0, 0.1) is 0 Å². The summed E-state index contributed by atoms with van der Waals surface area (Å²) in [7, 11) is 1.47. The Morgan fingerprint density at radius 2 is 2.06 bits per heavy atom. The van der Waals surface area contributed by atoms with E-state index in [1.807, 2.05) is 35.0 Å². The molecule has 1 N–H and O–H groups in total. The van der Waals surface area contributed by atoms with E-state index >= 15 is 0 Å². The van der Waals surface area contributed by atoms with Gasteiger partial charge in [0.05, 0.1) is 25.6 Å². The van der Waals surface area contributed by atoms with Crippen LogP contribution in [0.15, 0.2) is 43.0 Å². The van der Waals surface area contributed by atoms with Crippen molar-refractivity contribution in [2.45, 2.75) is 24.3 Å². The second-order valence-electron chi connectivity index (χ2n) is 7.24. The molecule has 5 rings (SSSR count). The third kappa shape index (κ3) is 3.87. The van der Waals surface area contributed by atoms with Crippen molar-refractivity contribution in [3.05, 3.63) is 43.0 Å². The van der Waals surface area contributed by atoms with Gasteiger partial charge in [0.25, 0.3) is 0 Å². The van der Waals surface area contributed by atoms with Crippen LogP contribution >= 0.6 is 0 Å². The predicted octanol–water partition coefficient (Wildman–Crippen LogP) is 0.121. The molecule has 0 aliphatic carbocycles. The number of hydrogen-bond acceptors (Lipinski definition) is 9. The van der Waals surface area contributed by atoms with Crippen LogP contribution < -0.4 is 10.1 Å². The van der Waals surface area contributed by atoms with Crippen LogP contribution in [0.25, 0.3) is 5.69 Å². The van der Waals surface area contributed by atoms with Gasteiger partial charge in [-0.3, -0.25) is 4.79 Å². The van der Waals surface area contributed by atoms with Crippen LogP contribution in [0.5, 0.6) is 11.8 Å². The predicted molar refractivity (Wildman–Crippen MR) is 104 cm³/mol. The molecule has 12 nitrogen and oxygen atoms in total. The Balaban J connectivity index is 1.27. The molecule has 162 valence electrons. The molecule has 0 saturated carbocycles. The van der Waals surface area contributed by atoms with E-state index in [9.17, 15) is 4.79 Å². The van der Waals surface area contributed by atoms with Crippen LogP contribution in [0.3, 0.4) is 0 Å². The zero-order valence-electron chi connectivity index (χ0n) is 16.7. The van der Waals surface area contributed by atoms with Gasteiger partial charge in [0.1, 0.15) is 30.6 Å². The molecule has 0 radical (unpaired) electrons. The zero-order chi connectivity index (χ0) is 21.2. The Morgan fingerprint density at radius 3 is 2.84 bits per heavy atom. The molecule has 4 atom stereocenters. The van der Waals surface area contributed by atoms with Gasteiger partial charge < -0.3 is 28.8 Å². The van der Waals surface area contributed by atoms with Crippen LogP contribution in [0.2, 0.25) is 0 Å². The Kier molecular flexibility index (Phi) is 5.32. The third-order valence-corrected chi connectivity index (χ3v) is 5.27. The number of benzene rings is 1. The maximum absolute atomic E-state index is 11.8. The monoisotopic (exact) mass is 427 g/mol. The smallest absolute Gasteiger partial charge is 0.341 e. The van der Waals surface area contributed by atoms with E-state index in [2.05, 4.69) is 25.8 Å². The number of nitrogens with one attached hydrogen (secondary N) is 1. The Bertz CT molecular complexity index is 1020. The minimum Gasteiger partial charge on any atom is -0.423 e. The molecule has 31 heavy (non-hydrogen) atoms.